The Kier molecular flexibility index (Phi) is 3.71. The van der Waals surface area contributed by atoms with Crippen LogP contribution < -0.4 is 10.1 Å². The Morgan fingerprint density at radius 2 is 2.25 bits per heavy atom. The Morgan fingerprint density at radius 3 is 2.88 bits per heavy atom. The molecule has 1 aromatic heterocycles. The molecule has 1 aliphatic rings. The van der Waals surface area contributed by atoms with Gasteiger partial charge in [0.1, 0.15) is 0 Å². The molecule has 0 amide bonds. The van der Waals surface area contributed by atoms with Crippen molar-refractivity contribution in [3.05, 3.63) is 12.4 Å². The van der Waals surface area contributed by atoms with Crippen LogP contribution in [0.15, 0.2) is 12.4 Å². The van der Waals surface area contributed by atoms with E-state index >= 15 is 0 Å². The molecular weight excluding hydrogens is 216 g/mol. The van der Waals surface area contributed by atoms with E-state index in [0.29, 0.717) is 23.0 Å². The monoisotopic (exact) mass is 231 g/mol. The van der Waals surface area contributed by atoms with Crippen molar-refractivity contribution in [2.45, 2.75) is 19.4 Å². The minimum absolute atomic E-state index is 0.416. The minimum atomic E-state index is -2.60. The molecule has 1 fully saturated rings. The Morgan fingerprint density at radius 1 is 1.50 bits per heavy atom. The highest BCUT2D eigenvalue weighted by Gasteiger charge is 2.14. The lowest BCUT2D eigenvalue weighted by molar-refractivity contribution is 0.0562. The van der Waals surface area contributed by atoms with Gasteiger partial charge in [0.15, 0.2) is 5.75 Å². The number of rotatable bonds is 4. The predicted molar refractivity (Wildman–Crippen MR) is 54.6 cm³/mol. The average Bonchev–Trinajstić information content (AvgIpc) is 2.76. The molecule has 0 atom stereocenters. The van der Waals surface area contributed by atoms with E-state index in [1.54, 1.807) is 0 Å². The molecule has 0 radical (unpaired) electrons. The lowest BCUT2D eigenvalue weighted by Crippen LogP contribution is -2.30. The van der Waals surface area contributed by atoms with Gasteiger partial charge in [0.25, 0.3) is 0 Å². The zero-order chi connectivity index (χ0) is 11.4. The number of ether oxygens (including phenoxy) is 1. The van der Waals surface area contributed by atoms with Crippen LogP contribution in [0, 0.1) is 5.92 Å². The largest absolute Gasteiger partial charge is 0.490 e. The number of nitrogens with zero attached hydrogens (tertiary/aromatic N) is 2. The molecule has 0 aliphatic carbocycles. The van der Waals surface area contributed by atoms with Gasteiger partial charge in [-0.1, -0.05) is 0 Å². The average molecular weight is 231 g/mol. The maximum atomic E-state index is 12.2. The number of alkyl halides is 2. The Bertz CT molecular complexity index is 324. The van der Waals surface area contributed by atoms with Gasteiger partial charge in [0, 0.05) is 0 Å². The molecule has 1 aromatic rings. The van der Waals surface area contributed by atoms with E-state index in [2.05, 4.69) is 10.4 Å². The van der Waals surface area contributed by atoms with Crippen molar-refractivity contribution in [1.82, 2.24) is 15.1 Å². The molecule has 0 bridgehead atoms. The second-order valence-corrected chi connectivity index (χ2v) is 3.94. The highest BCUT2D eigenvalue weighted by atomic mass is 19.3. The number of nitrogens with one attached hydrogen (secondary N) is 1. The quantitative estimate of drug-likeness (QED) is 0.856. The molecule has 0 unspecified atom stereocenters. The third-order valence-corrected chi connectivity index (χ3v) is 2.72. The fourth-order valence-corrected chi connectivity index (χ4v) is 1.76. The highest BCUT2D eigenvalue weighted by Crippen LogP contribution is 2.17. The van der Waals surface area contributed by atoms with Crippen LogP contribution in [-0.2, 0) is 0 Å². The first-order chi connectivity index (χ1) is 7.75. The summed E-state index contributed by atoms with van der Waals surface area (Å²) in [5.74, 6) is 0.926. The van der Waals surface area contributed by atoms with Crippen LogP contribution in [0.3, 0.4) is 0 Å². The SMILES string of the molecule is FC(F)n1cc(OCC2CCNCC2)cn1. The van der Waals surface area contributed by atoms with Gasteiger partial charge in [0.05, 0.1) is 19.0 Å². The van der Waals surface area contributed by atoms with Crippen molar-refractivity contribution in [1.29, 1.82) is 0 Å². The molecule has 6 heteroatoms. The lowest BCUT2D eigenvalue weighted by Gasteiger charge is -2.22. The van der Waals surface area contributed by atoms with Gasteiger partial charge in [-0.05, 0) is 31.8 Å². The Hall–Kier alpha value is -1.17. The molecule has 2 rings (SSSR count). The summed E-state index contributed by atoms with van der Waals surface area (Å²) in [5, 5.41) is 6.77. The van der Waals surface area contributed by atoms with Crippen molar-refractivity contribution in [2.75, 3.05) is 19.7 Å². The molecule has 1 N–H and O–H groups in total. The van der Waals surface area contributed by atoms with Crippen LogP contribution in [0.2, 0.25) is 0 Å². The summed E-state index contributed by atoms with van der Waals surface area (Å²) in [6, 6.07) is 0. The van der Waals surface area contributed by atoms with Crippen LogP contribution in [0.5, 0.6) is 5.75 Å². The molecule has 2 heterocycles. The van der Waals surface area contributed by atoms with E-state index in [4.69, 9.17) is 4.74 Å². The second-order valence-electron chi connectivity index (χ2n) is 3.94. The zero-order valence-corrected chi connectivity index (χ0v) is 8.90. The molecule has 1 aliphatic heterocycles. The van der Waals surface area contributed by atoms with Crippen molar-refractivity contribution < 1.29 is 13.5 Å². The van der Waals surface area contributed by atoms with E-state index in [1.807, 2.05) is 0 Å². The summed E-state index contributed by atoms with van der Waals surface area (Å²) >= 11 is 0. The van der Waals surface area contributed by atoms with Crippen molar-refractivity contribution in [3.8, 4) is 5.75 Å². The van der Waals surface area contributed by atoms with E-state index in [0.717, 1.165) is 25.9 Å². The summed E-state index contributed by atoms with van der Waals surface area (Å²) < 4.78 is 30.5. The first-order valence-corrected chi connectivity index (χ1v) is 5.41. The maximum Gasteiger partial charge on any atom is 0.333 e. The van der Waals surface area contributed by atoms with E-state index in [9.17, 15) is 8.78 Å². The van der Waals surface area contributed by atoms with Crippen molar-refractivity contribution >= 4 is 0 Å². The summed E-state index contributed by atoms with van der Waals surface area (Å²) in [7, 11) is 0. The van der Waals surface area contributed by atoms with E-state index < -0.39 is 6.55 Å². The minimum Gasteiger partial charge on any atom is -0.490 e. The first kappa shape index (κ1) is 11.3. The zero-order valence-electron chi connectivity index (χ0n) is 8.90. The predicted octanol–water partition coefficient (Wildman–Crippen LogP) is 1.66. The van der Waals surface area contributed by atoms with Crippen LogP contribution in [0.1, 0.15) is 19.4 Å². The highest BCUT2D eigenvalue weighted by molar-refractivity contribution is 5.11. The number of hydrogen-bond acceptors (Lipinski definition) is 3. The van der Waals surface area contributed by atoms with Crippen molar-refractivity contribution in [3.63, 3.8) is 0 Å². The first-order valence-electron chi connectivity index (χ1n) is 5.41. The van der Waals surface area contributed by atoms with Gasteiger partial charge in [0.2, 0.25) is 0 Å². The van der Waals surface area contributed by atoms with Gasteiger partial charge in [-0.3, -0.25) is 0 Å². The molecule has 90 valence electrons. The normalized spacial score (nSPS) is 17.9. The van der Waals surface area contributed by atoms with Gasteiger partial charge >= 0.3 is 6.55 Å². The van der Waals surface area contributed by atoms with Gasteiger partial charge in [-0.25, -0.2) is 4.68 Å². The smallest absolute Gasteiger partial charge is 0.333 e. The fourth-order valence-electron chi connectivity index (χ4n) is 1.76. The van der Waals surface area contributed by atoms with Gasteiger partial charge in [-0.2, -0.15) is 13.9 Å². The van der Waals surface area contributed by atoms with Crippen molar-refractivity contribution in [2.24, 2.45) is 5.92 Å². The topological polar surface area (TPSA) is 39.1 Å². The van der Waals surface area contributed by atoms with Gasteiger partial charge < -0.3 is 10.1 Å². The summed E-state index contributed by atoms with van der Waals surface area (Å²) in [6.07, 6.45) is 4.70. The summed E-state index contributed by atoms with van der Waals surface area (Å²) in [4.78, 5) is 0. The van der Waals surface area contributed by atoms with Crippen LogP contribution in [0.4, 0.5) is 8.78 Å². The molecule has 4 nitrogen and oxygen atoms in total. The molecule has 0 saturated carbocycles. The summed E-state index contributed by atoms with van der Waals surface area (Å²) in [5.41, 5.74) is 0. The lowest BCUT2D eigenvalue weighted by atomic mass is 9.99. The number of aromatic nitrogens is 2. The Balaban J connectivity index is 1.79. The fraction of sp³-hybridized carbons (Fsp3) is 0.700. The van der Waals surface area contributed by atoms with Crippen LogP contribution in [0.25, 0.3) is 0 Å². The molecule has 0 aromatic carbocycles. The summed E-state index contributed by atoms with van der Waals surface area (Å²) in [6.45, 7) is -0.0122. The van der Waals surface area contributed by atoms with E-state index in [-0.39, 0.29) is 0 Å². The van der Waals surface area contributed by atoms with Gasteiger partial charge in [-0.15, -0.1) is 0 Å². The van der Waals surface area contributed by atoms with Crippen LogP contribution >= 0.6 is 0 Å². The van der Waals surface area contributed by atoms with E-state index in [1.165, 1.54) is 12.4 Å². The standard InChI is InChI=1S/C10H15F2N3O/c11-10(12)15-6-9(5-14-15)16-7-8-1-3-13-4-2-8/h5-6,8,10,13H,1-4,7H2. The molecular formula is C10H15F2N3O. The third kappa shape index (κ3) is 2.91. The number of piperidine rings is 1. The molecule has 0 spiro atoms. The molecule has 1 saturated heterocycles. The third-order valence-electron chi connectivity index (χ3n) is 2.72. The number of hydrogen-bond donors (Lipinski definition) is 1. The number of halogens is 2. The Labute approximate surface area is 92.6 Å². The van der Waals surface area contributed by atoms with Crippen LogP contribution in [-0.4, -0.2) is 29.5 Å². The maximum absolute atomic E-state index is 12.2. The molecule has 16 heavy (non-hydrogen) atoms. The second kappa shape index (κ2) is 5.25.